The third-order valence-electron chi connectivity index (χ3n) is 4.53. The van der Waals surface area contributed by atoms with Crippen LogP contribution in [0.3, 0.4) is 0 Å². The van der Waals surface area contributed by atoms with E-state index >= 15 is 0 Å². The van der Waals surface area contributed by atoms with Crippen LogP contribution in [0.2, 0.25) is 0 Å². The van der Waals surface area contributed by atoms with Crippen molar-refractivity contribution in [2.45, 2.75) is 85.4 Å². The summed E-state index contributed by atoms with van der Waals surface area (Å²) in [5.41, 5.74) is 0.367. The maximum absolute atomic E-state index is 4.36. The summed E-state index contributed by atoms with van der Waals surface area (Å²) in [6.07, 6.45) is 7.09. The molecule has 0 spiro atoms. The van der Waals surface area contributed by atoms with E-state index in [1.54, 1.807) is 0 Å². The lowest BCUT2D eigenvalue weighted by atomic mass is 9.89. The summed E-state index contributed by atoms with van der Waals surface area (Å²) in [7, 11) is 1.82. The molecule has 136 valence electrons. The molecule has 6 heteroatoms. The molecule has 0 amide bonds. The fraction of sp³-hybridized carbons (Fsp3) is 0.833. The molecule has 0 fully saturated rings. The van der Waals surface area contributed by atoms with Gasteiger partial charge in [-0.05, 0) is 38.0 Å². The lowest BCUT2D eigenvalue weighted by Gasteiger charge is -2.23. The summed E-state index contributed by atoms with van der Waals surface area (Å²) >= 11 is 0. The molecule has 6 nitrogen and oxygen atoms in total. The molecule has 1 aliphatic rings. The van der Waals surface area contributed by atoms with E-state index in [0.29, 0.717) is 18.0 Å². The molecule has 0 radical (unpaired) electrons. The predicted octanol–water partition coefficient (Wildman–Crippen LogP) is 2.88. The topological polar surface area (TPSA) is 67.1 Å². The number of rotatable bonds is 5. The van der Waals surface area contributed by atoms with Crippen molar-refractivity contribution < 1.29 is 0 Å². The van der Waals surface area contributed by atoms with Gasteiger partial charge in [0.25, 0.3) is 0 Å². The molecule has 1 aromatic rings. The monoisotopic (exact) mass is 334 g/mol. The van der Waals surface area contributed by atoms with E-state index in [4.69, 9.17) is 0 Å². The van der Waals surface area contributed by atoms with E-state index in [1.807, 2.05) is 7.05 Å². The lowest BCUT2D eigenvalue weighted by molar-refractivity contribution is 0.346. The van der Waals surface area contributed by atoms with Crippen molar-refractivity contribution in [3.63, 3.8) is 0 Å². The Labute approximate surface area is 146 Å². The summed E-state index contributed by atoms with van der Waals surface area (Å²) in [4.78, 5) is 4.34. The fourth-order valence-corrected chi connectivity index (χ4v) is 2.99. The molecule has 2 rings (SSSR count). The molecule has 1 aromatic heterocycles. The molecule has 0 aromatic carbocycles. The van der Waals surface area contributed by atoms with Crippen molar-refractivity contribution in [1.29, 1.82) is 0 Å². The van der Waals surface area contributed by atoms with Gasteiger partial charge in [0.15, 0.2) is 11.8 Å². The quantitative estimate of drug-likeness (QED) is 0.642. The Hall–Kier alpha value is -1.59. The Morgan fingerprint density at radius 2 is 2.04 bits per heavy atom. The van der Waals surface area contributed by atoms with Gasteiger partial charge in [-0.2, -0.15) is 0 Å². The zero-order valence-corrected chi connectivity index (χ0v) is 16.0. The van der Waals surface area contributed by atoms with Crippen LogP contribution in [-0.2, 0) is 19.5 Å². The van der Waals surface area contributed by atoms with Gasteiger partial charge in [-0.15, -0.1) is 10.2 Å². The van der Waals surface area contributed by atoms with Gasteiger partial charge in [-0.1, -0.05) is 27.2 Å². The highest BCUT2D eigenvalue weighted by Crippen LogP contribution is 2.21. The second kappa shape index (κ2) is 8.49. The van der Waals surface area contributed by atoms with Gasteiger partial charge < -0.3 is 15.2 Å². The average Bonchev–Trinajstić information content (AvgIpc) is 2.76. The minimum atomic E-state index is 0.367. The number of fused-ring (bicyclic) bond motifs is 1. The molecule has 1 aliphatic heterocycles. The second-order valence-electron chi connectivity index (χ2n) is 8.07. The molecule has 0 saturated carbocycles. The fourth-order valence-electron chi connectivity index (χ4n) is 2.99. The zero-order valence-electron chi connectivity index (χ0n) is 16.0. The van der Waals surface area contributed by atoms with Gasteiger partial charge in [0.1, 0.15) is 5.82 Å². The van der Waals surface area contributed by atoms with Crippen molar-refractivity contribution in [2.75, 3.05) is 7.05 Å². The number of aliphatic imine (C=N–C) groups is 1. The molecule has 1 atom stereocenters. The van der Waals surface area contributed by atoms with Crippen molar-refractivity contribution in [3.05, 3.63) is 11.6 Å². The maximum Gasteiger partial charge on any atom is 0.191 e. The highest BCUT2D eigenvalue weighted by molar-refractivity contribution is 5.79. The number of guanidine groups is 1. The number of aryl methyl sites for hydroxylation is 1. The van der Waals surface area contributed by atoms with E-state index in [2.05, 4.69) is 58.1 Å². The van der Waals surface area contributed by atoms with Gasteiger partial charge in [0.05, 0.1) is 6.54 Å². The van der Waals surface area contributed by atoms with Crippen LogP contribution in [0.4, 0.5) is 0 Å². The van der Waals surface area contributed by atoms with Crippen LogP contribution < -0.4 is 10.6 Å². The van der Waals surface area contributed by atoms with Crippen molar-refractivity contribution in [2.24, 2.45) is 10.4 Å². The Morgan fingerprint density at radius 1 is 1.25 bits per heavy atom. The first kappa shape index (κ1) is 18.7. The third-order valence-corrected chi connectivity index (χ3v) is 4.53. The highest BCUT2D eigenvalue weighted by atomic mass is 15.3. The predicted molar refractivity (Wildman–Crippen MR) is 99.1 cm³/mol. The standard InChI is InChI=1S/C18H34N6/c1-14(10-11-18(2,3)4)21-17(19-5)20-13-16-23-22-15-9-7-6-8-12-24(15)16/h14H,6-13H2,1-5H3,(H2,19,20,21). The zero-order chi connectivity index (χ0) is 17.6. The molecule has 2 heterocycles. The van der Waals surface area contributed by atoms with E-state index < -0.39 is 0 Å². The van der Waals surface area contributed by atoms with E-state index in [0.717, 1.165) is 37.0 Å². The molecule has 0 bridgehead atoms. The Balaban J connectivity index is 1.85. The number of nitrogens with zero attached hydrogens (tertiary/aromatic N) is 4. The number of hydrogen-bond acceptors (Lipinski definition) is 3. The van der Waals surface area contributed by atoms with Gasteiger partial charge in [-0.25, -0.2) is 0 Å². The summed E-state index contributed by atoms with van der Waals surface area (Å²) < 4.78 is 2.27. The van der Waals surface area contributed by atoms with Gasteiger partial charge in [-0.3, -0.25) is 4.99 Å². The molecular weight excluding hydrogens is 300 g/mol. The van der Waals surface area contributed by atoms with Crippen molar-refractivity contribution in [1.82, 2.24) is 25.4 Å². The lowest BCUT2D eigenvalue weighted by Crippen LogP contribution is -2.42. The number of aromatic nitrogens is 3. The third kappa shape index (κ3) is 5.80. The first-order chi connectivity index (χ1) is 11.4. The normalized spacial score (nSPS) is 17.1. The smallest absolute Gasteiger partial charge is 0.191 e. The van der Waals surface area contributed by atoms with Crippen molar-refractivity contribution >= 4 is 5.96 Å². The SMILES string of the molecule is CN=C(NCc1nnc2n1CCCCC2)NC(C)CCC(C)(C)C. The van der Waals surface area contributed by atoms with Crippen LogP contribution in [0.1, 0.15) is 71.4 Å². The van der Waals surface area contributed by atoms with Crippen LogP contribution in [0.5, 0.6) is 0 Å². The average molecular weight is 335 g/mol. The van der Waals surface area contributed by atoms with E-state index in [-0.39, 0.29) is 0 Å². The van der Waals surface area contributed by atoms with Gasteiger partial charge in [0.2, 0.25) is 0 Å². The summed E-state index contributed by atoms with van der Waals surface area (Å²) in [5, 5.41) is 15.6. The summed E-state index contributed by atoms with van der Waals surface area (Å²) in [5.74, 6) is 2.98. The minimum absolute atomic E-state index is 0.367. The minimum Gasteiger partial charge on any atom is -0.354 e. The Kier molecular flexibility index (Phi) is 6.63. The Morgan fingerprint density at radius 3 is 2.75 bits per heavy atom. The molecular formula is C18H34N6. The van der Waals surface area contributed by atoms with E-state index in [9.17, 15) is 0 Å². The molecule has 0 aliphatic carbocycles. The van der Waals surface area contributed by atoms with Crippen LogP contribution in [0.25, 0.3) is 0 Å². The second-order valence-corrected chi connectivity index (χ2v) is 8.07. The highest BCUT2D eigenvalue weighted by Gasteiger charge is 2.16. The molecule has 0 saturated heterocycles. The van der Waals surface area contributed by atoms with Gasteiger partial charge >= 0.3 is 0 Å². The largest absolute Gasteiger partial charge is 0.354 e. The molecule has 1 unspecified atom stereocenters. The summed E-state index contributed by atoms with van der Waals surface area (Å²) in [6, 6.07) is 0.394. The Bertz CT molecular complexity index is 540. The van der Waals surface area contributed by atoms with Gasteiger partial charge in [0, 0.05) is 26.1 Å². The number of nitrogens with one attached hydrogen (secondary N) is 2. The summed E-state index contributed by atoms with van der Waals surface area (Å²) in [6.45, 7) is 10.8. The van der Waals surface area contributed by atoms with Crippen LogP contribution in [-0.4, -0.2) is 33.8 Å². The van der Waals surface area contributed by atoms with Crippen LogP contribution in [0, 0.1) is 5.41 Å². The maximum atomic E-state index is 4.36. The molecule has 2 N–H and O–H groups in total. The molecule has 24 heavy (non-hydrogen) atoms. The first-order valence-corrected chi connectivity index (χ1v) is 9.27. The van der Waals surface area contributed by atoms with Crippen molar-refractivity contribution in [3.8, 4) is 0 Å². The van der Waals surface area contributed by atoms with Crippen LogP contribution in [0.15, 0.2) is 4.99 Å². The van der Waals surface area contributed by atoms with E-state index in [1.165, 1.54) is 25.7 Å². The number of hydrogen-bond donors (Lipinski definition) is 2. The first-order valence-electron chi connectivity index (χ1n) is 9.27. The van der Waals surface area contributed by atoms with Crippen LogP contribution >= 0.6 is 0 Å².